The maximum Gasteiger partial charge on any atom is 0.232 e. The average molecular weight is 500 g/mol. The van der Waals surface area contributed by atoms with Gasteiger partial charge in [-0.1, -0.05) is 30.0 Å². The van der Waals surface area contributed by atoms with Gasteiger partial charge in [-0.15, -0.1) is 10.2 Å². The summed E-state index contributed by atoms with van der Waals surface area (Å²) in [6.07, 6.45) is -0.257. The van der Waals surface area contributed by atoms with Gasteiger partial charge in [-0.25, -0.2) is 4.39 Å². The van der Waals surface area contributed by atoms with Crippen molar-refractivity contribution in [2.24, 2.45) is 0 Å². The van der Waals surface area contributed by atoms with Gasteiger partial charge in [0.25, 0.3) is 0 Å². The van der Waals surface area contributed by atoms with Crippen molar-refractivity contribution in [3.63, 3.8) is 0 Å². The van der Waals surface area contributed by atoms with Crippen LogP contribution in [0.25, 0.3) is 5.69 Å². The van der Waals surface area contributed by atoms with Crippen LogP contribution in [0.4, 0.5) is 10.3 Å². The molecule has 35 heavy (non-hydrogen) atoms. The van der Waals surface area contributed by atoms with Gasteiger partial charge in [-0.05, 0) is 30.3 Å². The molecular formula is C24H26FN5O4S. The lowest BCUT2D eigenvalue weighted by atomic mass is 10.2. The van der Waals surface area contributed by atoms with Crippen molar-refractivity contribution in [3.8, 4) is 17.2 Å². The molecule has 2 aliphatic rings. The largest absolute Gasteiger partial charge is 0.486 e. The lowest BCUT2D eigenvalue weighted by Gasteiger charge is -2.29. The lowest BCUT2D eigenvalue weighted by molar-refractivity contribution is -0.128. The Hall–Kier alpha value is -3.31. The molecule has 0 radical (unpaired) electrons. The fourth-order valence-electron chi connectivity index (χ4n) is 3.96. The van der Waals surface area contributed by atoms with Crippen LogP contribution in [0.2, 0.25) is 0 Å². The highest BCUT2D eigenvalue weighted by Crippen LogP contribution is 2.31. The van der Waals surface area contributed by atoms with Crippen LogP contribution in [0.1, 0.15) is 0 Å². The summed E-state index contributed by atoms with van der Waals surface area (Å²) in [5.74, 6) is 1.70. The molecule has 11 heteroatoms. The number of nitrogens with zero attached hydrogens (tertiary/aromatic N) is 5. The maximum absolute atomic E-state index is 14.0. The number of carbonyl (C=O) groups excluding carboxylic acids is 1. The van der Waals surface area contributed by atoms with Crippen LogP contribution < -0.4 is 14.4 Å². The van der Waals surface area contributed by atoms with Crippen molar-refractivity contribution < 1.29 is 23.4 Å². The van der Waals surface area contributed by atoms with Crippen LogP contribution in [0.15, 0.2) is 53.7 Å². The quantitative estimate of drug-likeness (QED) is 0.459. The van der Waals surface area contributed by atoms with Crippen LogP contribution in [-0.2, 0) is 9.53 Å². The third-order valence-electron chi connectivity index (χ3n) is 5.77. The number of hydrogen-bond acceptors (Lipinski definition) is 8. The predicted molar refractivity (Wildman–Crippen MR) is 129 cm³/mol. The molecule has 1 aromatic heterocycles. The molecule has 2 aliphatic heterocycles. The van der Waals surface area contributed by atoms with Gasteiger partial charge in [0.15, 0.2) is 22.8 Å². The van der Waals surface area contributed by atoms with Crippen molar-refractivity contribution in [2.75, 3.05) is 57.2 Å². The first-order valence-corrected chi connectivity index (χ1v) is 12.4. The number of fused-ring (bicyclic) bond motifs is 1. The van der Waals surface area contributed by atoms with E-state index < -0.39 is 0 Å². The molecule has 1 unspecified atom stereocenters. The number of anilines is 1. The summed E-state index contributed by atoms with van der Waals surface area (Å²) in [4.78, 5) is 16.6. The van der Waals surface area contributed by atoms with Crippen molar-refractivity contribution in [1.29, 1.82) is 0 Å². The number of ether oxygens (including phenoxy) is 3. The third-order valence-corrected chi connectivity index (χ3v) is 6.69. The van der Waals surface area contributed by atoms with E-state index in [1.165, 1.54) is 23.9 Å². The van der Waals surface area contributed by atoms with Gasteiger partial charge in [0.2, 0.25) is 11.9 Å². The molecule has 5 rings (SSSR count). The highest BCUT2D eigenvalue weighted by Gasteiger charge is 2.26. The number of likely N-dealkylation sites (N-methyl/N-ethyl adjacent to an activating group) is 1. The predicted octanol–water partition coefficient (Wildman–Crippen LogP) is 2.63. The maximum atomic E-state index is 14.0. The smallest absolute Gasteiger partial charge is 0.232 e. The summed E-state index contributed by atoms with van der Waals surface area (Å²) in [6.45, 7) is 3.25. The van der Waals surface area contributed by atoms with Gasteiger partial charge in [0, 0.05) is 20.1 Å². The van der Waals surface area contributed by atoms with Gasteiger partial charge in [-0.3, -0.25) is 9.36 Å². The molecule has 0 aliphatic carbocycles. The summed E-state index contributed by atoms with van der Waals surface area (Å²) >= 11 is 1.27. The zero-order chi connectivity index (χ0) is 24.2. The summed E-state index contributed by atoms with van der Waals surface area (Å²) < 4.78 is 33.0. The molecule has 1 atom stereocenters. The number of hydrogen-bond donors (Lipinski definition) is 0. The van der Waals surface area contributed by atoms with Crippen LogP contribution in [0.3, 0.4) is 0 Å². The molecule has 0 saturated carbocycles. The van der Waals surface area contributed by atoms with Gasteiger partial charge in [-0.2, -0.15) is 0 Å². The van der Waals surface area contributed by atoms with Gasteiger partial charge < -0.3 is 24.0 Å². The number of rotatable bonds is 7. The highest BCUT2D eigenvalue weighted by atomic mass is 32.2. The Bertz CT molecular complexity index is 1190. The second kappa shape index (κ2) is 10.5. The highest BCUT2D eigenvalue weighted by molar-refractivity contribution is 7.99. The molecule has 2 aromatic carbocycles. The summed E-state index contributed by atoms with van der Waals surface area (Å²) in [7, 11) is 1.74. The number of amides is 1. The monoisotopic (exact) mass is 499 g/mol. The van der Waals surface area contributed by atoms with E-state index in [4.69, 9.17) is 14.2 Å². The van der Waals surface area contributed by atoms with Crippen LogP contribution >= 0.6 is 11.8 Å². The van der Waals surface area contributed by atoms with Crippen molar-refractivity contribution in [3.05, 3.63) is 54.3 Å². The van der Waals surface area contributed by atoms with E-state index in [9.17, 15) is 9.18 Å². The molecule has 1 fully saturated rings. The zero-order valence-corrected chi connectivity index (χ0v) is 20.1. The van der Waals surface area contributed by atoms with Crippen LogP contribution in [0.5, 0.6) is 11.5 Å². The van der Waals surface area contributed by atoms with E-state index in [2.05, 4.69) is 15.1 Å². The fraction of sp³-hybridized carbons (Fsp3) is 0.375. The Labute approximate surface area is 206 Å². The first-order valence-electron chi connectivity index (χ1n) is 11.4. The first-order chi connectivity index (χ1) is 17.1. The van der Waals surface area contributed by atoms with E-state index in [1.807, 2.05) is 24.3 Å². The second-order valence-corrected chi connectivity index (χ2v) is 9.20. The van der Waals surface area contributed by atoms with Crippen LogP contribution in [-0.4, -0.2) is 83.9 Å². The van der Waals surface area contributed by atoms with Gasteiger partial charge in [0.05, 0.1) is 31.2 Å². The topological polar surface area (TPSA) is 82.0 Å². The minimum absolute atomic E-state index is 0.0841. The fourth-order valence-corrected chi connectivity index (χ4v) is 4.85. The Kier molecular flexibility index (Phi) is 7.05. The van der Waals surface area contributed by atoms with Crippen LogP contribution in [0, 0.1) is 5.82 Å². The van der Waals surface area contributed by atoms with E-state index >= 15 is 0 Å². The lowest BCUT2D eigenvalue weighted by Crippen LogP contribution is -2.42. The Morgan fingerprint density at radius 2 is 1.94 bits per heavy atom. The zero-order valence-electron chi connectivity index (χ0n) is 19.3. The molecule has 0 N–H and O–H groups in total. The number of morpholine rings is 1. The van der Waals surface area contributed by atoms with Crippen molar-refractivity contribution >= 4 is 23.6 Å². The SMILES string of the molecule is CN(CC1COc2ccccc2O1)C(=O)CSc1nnc(N2CCOCC2)n1-c1cccc(F)c1. The van der Waals surface area contributed by atoms with Gasteiger partial charge in [0.1, 0.15) is 12.4 Å². The average Bonchev–Trinajstić information content (AvgIpc) is 3.31. The Morgan fingerprint density at radius 3 is 2.74 bits per heavy atom. The normalized spacial score (nSPS) is 17.3. The molecule has 3 heterocycles. The molecule has 3 aromatic rings. The third kappa shape index (κ3) is 5.35. The molecular weight excluding hydrogens is 473 g/mol. The summed E-state index contributed by atoms with van der Waals surface area (Å²) in [5.41, 5.74) is 0.603. The molecule has 184 valence electrons. The number of benzene rings is 2. The minimum Gasteiger partial charge on any atom is -0.486 e. The molecule has 0 bridgehead atoms. The van der Waals surface area contributed by atoms with Crippen molar-refractivity contribution in [2.45, 2.75) is 11.3 Å². The Balaban J connectivity index is 1.26. The minimum atomic E-state index is -0.354. The van der Waals surface area contributed by atoms with E-state index in [-0.39, 0.29) is 23.6 Å². The Morgan fingerprint density at radius 1 is 1.14 bits per heavy atom. The first kappa shape index (κ1) is 23.4. The number of carbonyl (C=O) groups is 1. The number of para-hydroxylation sites is 2. The van der Waals surface area contributed by atoms with Gasteiger partial charge >= 0.3 is 0 Å². The van der Waals surface area contributed by atoms with E-state index in [1.54, 1.807) is 28.6 Å². The molecule has 1 amide bonds. The number of aromatic nitrogens is 3. The van der Waals surface area contributed by atoms with Crippen molar-refractivity contribution in [1.82, 2.24) is 19.7 Å². The second-order valence-electron chi connectivity index (χ2n) is 8.26. The summed E-state index contributed by atoms with van der Waals surface area (Å²) in [6, 6.07) is 13.8. The molecule has 9 nitrogen and oxygen atoms in total. The molecule has 1 saturated heterocycles. The van der Waals surface area contributed by atoms with E-state index in [0.29, 0.717) is 67.7 Å². The molecule has 0 spiro atoms. The standard InChI is InChI=1S/C24H26FN5O4S/c1-28(14-19-15-33-20-7-2-3-8-21(20)34-19)22(31)16-35-24-27-26-23(29-9-11-32-12-10-29)30(24)18-6-4-5-17(25)13-18/h2-8,13,19H,9-12,14-16H2,1H3. The van der Waals surface area contributed by atoms with E-state index in [0.717, 1.165) is 0 Å². The number of halogens is 1. The number of thioether (sulfide) groups is 1. The summed E-state index contributed by atoms with van der Waals surface area (Å²) in [5, 5.41) is 9.21.